The molecule has 0 aliphatic heterocycles. The van der Waals surface area contributed by atoms with Gasteiger partial charge in [-0.1, -0.05) is 204 Å². The highest BCUT2D eigenvalue weighted by Gasteiger charge is 2.35. The van der Waals surface area contributed by atoms with Gasteiger partial charge in [-0.2, -0.15) is 13.2 Å². The van der Waals surface area contributed by atoms with Crippen LogP contribution in [0, 0.1) is 27.7 Å². The highest BCUT2D eigenvalue weighted by atomic mass is 19.4. The summed E-state index contributed by atoms with van der Waals surface area (Å²) in [6.45, 7) is 8.35. The van der Waals surface area contributed by atoms with Crippen LogP contribution < -0.4 is 0 Å². The third-order valence-electron chi connectivity index (χ3n) is 13.7. The van der Waals surface area contributed by atoms with E-state index in [1.165, 1.54) is 12.1 Å². The molecule has 8 heteroatoms. The number of nitrogens with zero attached hydrogens (tertiary/aromatic N) is 5. The Hall–Kier alpha value is -9.27. The largest absolute Gasteiger partial charge is 0.416 e. The Morgan fingerprint density at radius 2 is 0.693 bits per heavy atom. The summed E-state index contributed by atoms with van der Waals surface area (Å²) in [4.78, 5) is 20.9. The van der Waals surface area contributed by atoms with Crippen molar-refractivity contribution in [3.8, 4) is 95.7 Å². The lowest BCUT2D eigenvalue weighted by atomic mass is 9.96. The van der Waals surface area contributed by atoms with Gasteiger partial charge in [0.15, 0.2) is 11.6 Å². The Morgan fingerprint density at radius 1 is 0.320 bits per heavy atom. The molecule has 5 nitrogen and oxygen atoms in total. The van der Waals surface area contributed by atoms with E-state index in [2.05, 4.69) is 105 Å². The number of alkyl halides is 3. The lowest BCUT2D eigenvalue weighted by Crippen LogP contribution is -2.11. The standard InChI is InChI=1S/C67H48F3N5/c1-41-29-42(2)32-51(31-41)49-25-27-54-55-28-26-50(52-33-43(3)30-44(4)34-52)36-63(55)75(62(54)35-49)64-56(61-40-60(47-21-13-7-14-22-47)71-65(74-61)48-23-15-8-16-24-48)37-53(67(68,69)70)38-57(64)66-72-58(45-17-9-5-10-18-45)39-59(73-66)46-19-11-6-12-20-46/h5-40H,1-4H3. The van der Waals surface area contributed by atoms with Gasteiger partial charge < -0.3 is 4.57 Å². The maximum absolute atomic E-state index is 16.1. The second-order valence-corrected chi connectivity index (χ2v) is 19.4. The number of aryl methyl sites for hydroxylation is 4. The van der Waals surface area contributed by atoms with Crippen molar-refractivity contribution < 1.29 is 13.2 Å². The monoisotopic (exact) mass is 979 g/mol. The summed E-state index contributed by atoms with van der Waals surface area (Å²) in [5.41, 5.74) is 15.0. The lowest BCUT2D eigenvalue weighted by molar-refractivity contribution is -0.137. The lowest BCUT2D eigenvalue weighted by Gasteiger charge is -2.22. The predicted octanol–water partition coefficient (Wildman–Crippen LogP) is 18.0. The van der Waals surface area contributed by atoms with Gasteiger partial charge >= 0.3 is 6.18 Å². The molecule has 0 bridgehead atoms. The van der Waals surface area contributed by atoms with Crippen molar-refractivity contribution in [1.29, 1.82) is 0 Å². The first-order valence-electron chi connectivity index (χ1n) is 24.9. The quantitative estimate of drug-likeness (QED) is 0.145. The number of rotatable bonds is 9. The van der Waals surface area contributed by atoms with E-state index in [1.54, 1.807) is 6.07 Å². The maximum atomic E-state index is 16.1. The number of hydrogen-bond donors (Lipinski definition) is 0. The molecule has 0 saturated heterocycles. The molecular formula is C67H48F3N5. The first-order chi connectivity index (χ1) is 36.4. The zero-order valence-electron chi connectivity index (χ0n) is 41.7. The third kappa shape index (κ3) is 9.16. The average Bonchev–Trinajstić information content (AvgIpc) is 3.77. The summed E-state index contributed by atoms with van der Waals surface area (Å²) < 4.78 is 50.3. The predicted molar refractivity (Wildman–Crippen MR) is 299 cm³/mol. The second-order valence-electron chi connectivity index (χ2n) is 19.4. The molecule has 0 saturated carbocycles. The molecule has 0 atom stereocenters. The third-order valence-corrected chi connectivity index (χ3v) is 13.7. The van der Waals surface area contributed by atoms with Gasteiger partial charge in [-0.25, -0.2) is 19.9 Å². The van der Waals surface area contributed by atoms with Crippen molar-refractivity contribution in [2.24, 2.45) is 0 Å². The van der Waals surface area contributed by atoms with E-state index >= 15 is 13.2 Å². The maximum Gasteiger partial charge on any atom is 0.416 e. The molecule has 3 aromatic heterocycles. The highest BCUT2D eigenvalue weighted by Crippen LogP contribution is 2.47. The Balaban J connectivity index is 1.28. The molecule has 0 radical (unpaired) electrons. The van der Waals surface area contributed by atoms with Crippen LogP contribution in [0.3, 0.4) is 0 Å². The van der Waals surface area contributed by atoms with E-state index in [9.17, 15) is 0 Å². The van der Waals surface area contributed by atoms with Crippen LogP contribution in [-0.4, -0.2) is 24.5 Å². The van der Waals surface area contributed by atoms with Crippen LogP contribution in [0.15, 0.2) is 218 Å². The first kappa shape index (κ1) is 46.8. The van der Waals surface area contributed by atoms with Crippen LogP contribution in [0.5, 0.6) is 0 Å². The topological polar surface area (TPSA) is 56.5 Å². The average molecular weight is 980 g/mol. The number of benzene rings is 9. The summed E-state index contributed by atoms with van der Waals surface area (Å²) in [6, 6.07) is 70.6. The minimum absolute atomic E-state index is 0.115. The molecule has 3 heterocycles. The summed E-state index contributed by atoms with van der Waals surface area (Å²) in [6.07, 6.45) is -4.80. The summed E-state index contributed by atoms with van der Waals surface area (Å²) in [5.74, 6) is 0.478. The van der Waals surface area contributed by atoms with E-state index in [-0.39, 0.29) is 17.0 Å². The number of halogens is 3. The molecule has 12 rings (SSSR count). The van der Waals surface area contributed by atoms with Gasteiger partial charge in [0.05, 0.1) is 45.1 Å². The van der Waals surface area contributed by atoms with E-state index in [0.717, 1.165) is 83.0 Å². The summed E-state index contributed by atoms with van der Waals surface area (Å²) in [7, 11) is 0. The van der Waals surface area contributed by atoms with E-state index in [1.807, 2.05) is 127 Å². The van der Waals surface area contributed by atoms with E-state index in [0.29, 0.717) is 39.9 Å². The fourth-order valence-electron chi connectivity index (χ4n) is 10.4. The zero-order chi connectivity index (χ0) is 51.4. The van der Waals surface area contributed by atoms with Gasteiger partial charge in [0.2, 0.25) is 0 Å². The van der Waals surface area contributed by atoms with Crippen LogP contribution >= 0.6 is 0 Å². The van der Waals surface area contributed by atoms with Crippen molar-refractivity contribution in [3.63, 3.8) is 0 Å². The molecule has 0 unspecified atom stereocenters. The fraction of sp³-hybridized carbons (Fsp3) is 0.0746. The molecule has 0 aliphatic rings. The number of hydrogen-bond acceptors (Lipinski definition) is 4. The minimum Gasteiger partial charge on any atom is -0.308 e. The molecule has 0 spiro atoms. The summed E-state index contributed by atoms with van der Waals surface area (Å²) >= 11 is 0. The van der Waals surface area contributed by atoms with E-state index < -0.39 is 11.7 Å². The number of fused-ring (bicyclic) bond motifs is 3. The molecule has 75 heavy (non-hydrogen) atoms. The van der Waals surface area contributed by atoms with Crippen molar-refractivity contribution >= 4 is 21.8 Å². The van der Waals surface area contributed by atoms with Gasteiger partial charge in [0.1, 0.15) is 0 Å². The molecule has 362 valence electrons. The van der Waals surface area contributed by atoms with Gasteiger partial charge in [-0.15, -0.1) is 0 Å². The Labute approximate surface area is 433 Å². The highest BCUT2D eigenvalue weighted by molar-refractivity contribution is 6.12. The van der Waals surface area contributed by atoms with E-state index in [4.69, 9.17) is 19.9 Å². The van der Waals surface area contributed by atoms with Crippen LogP contribution in [0.1, 0.15) is 27.8 Å². The summed E-state index contributed by atoms with van der Waals surface area (Å²) in [5, 5.41) is 1.84. The minimum atomic E-state index is -4.80. The molecular weight excluding hydrogens is 932 g/mol. The van der Waals surface area contributed by atoms with Crippen LogP contribution in [0.2, 0.25) is 0 Å². The molecule has 0 amide bonds. The van der Waals surface area contributed by atoms with Crippen LogP contribution in [0.4, 0.5) is 13.2 Å². The Morgan fingerprint density at radius 3 is 1.12 bits per heavy atom. The van der Waals surface area contributed by atoms with Crippen molar-refractivity contribution in [2.45, 2.75) is 33.9 Å². The fourth-order valence-corrected chi connectivity index (χ4v) is 10.4. The first-order valence-corrected chi connectivity index (χ1v) is 24.9. The normalized spacial score (nSPS) is 11.7. The van der Waals surface area contributed by atoms with Gasteiger partial charge in [-0.05, 0) is 86.3 Å². The zero-order valence-corrected chi connectivity index (χ0v) is 41.7. The Bertz CT molecular complexity index is 3720. The number of aromatic nitrogens is 5. The van der Waals surface area contributed by atoms with Crippen molar-refractivity contribution in [1.82, 2.24) is 24.5 Å². The van der Waals surface area contributed by atoms with Crippen LogP contribution in [0.25, 0.3) is 118 Å². The molecule has 0 fully saturated rings. The van der Waals surface area contributed by atoms with Gasteiger partial charge in [-0.3, -0.25) is 0 Å². The molecule has 9 aromatic carbocycles. The van der Waals surface area contributed by atoms with Gasteiger partial charge in [0.25, 0.3) is 0 Å². The Kier molecular flexibility index (Phi) is 11.8. The smallest absolute Gasteiger partial charge is 0.308 e. The molecule has 0 aliphatic carbocycles. The van der Waals surface area contributed by atoms with Crippen molar-refractivity contribution in [2.75, 3.05) is 0 Å². The molecule has 0 N–H and O–H groups in total. The van der Waals surface area contributed by atoms with Gasteiger partial charge in [0, 0.05) is 44.2 Å². The van der Waals surface area contributed by atoms with Crippen molar-refractivity contribution in [3.05, 3.63) is 246 Å². The SMILES string of the molecule is Cc1cc(C)cc(-c2ccc3c4ccc(-c5cc(C)cc(C)c5)cc4n(-c4c(-c5cc(-c6ccccc6)nc(-c6ccccc6)n5)cc(C(F)(F)F)cc4-c4nc(-c5ccccc5)cc(-c5ccccc5)n4)c3c2)c1. The second kappa shape index (κ2) is 19.0. The van der Waals surface area contributed by atoms with Crippen LogP contribution in [-0.2, 0) is 6.18 Å². The molecule has 12 aromatic rings.